The Balaban J connectivity index is 1.59. The first-order valence-corrected chi connectivity index (χ1v) is 8.59. The summed E-state index contributed by atoms with van der Waals surface area (Å²) in [5, 5.41) is 14.4. The Kier molecular flexibility index (Phi) is 5.45. The Bertz CT molecular complexity index is 743. The minimum atomic E-state index is -0.499. The average Bonchev–Trinajstić information content (AvgIpc) is 2.59. The monoisotopic (exact) mass is 361 g/mol. The number of halogens is 1. The molecule has 0 aromatic carbocycles. The zero-order chi connectivity index (χ0) is 17.8. The SMILES string of the molecule is CC1CN(Cc2ccccn2)CCC1Nc1ncc([N+](=O)[O-])cc1Cl. The molecule has 2 aromatic heterocycles. The maximum Gasteiger partial charge on any atom is 0.289 e. The van der Waals surface area contributed by atoms with Gasteiger partial charge in [-0.15, -0.1) is 0 Å². The lowest BCUT2D eigenvalue weighted by Gasteiger charge is -2.37. The van der Waals surface area contributed by atoms with Crippen molar-refractivity contribution in [1.29, 1.82) is 0 Å². The molecule has 0 amide bonds. The summed E-state index contributed by atoms with van der Waals surface area (Å²) >= 11 is 6.13. The second-order valence-electron chi connectivity index (χ2n) is 6.35. The lowest BCUT2D eigenvalue weighted by molar-refractivity contribution is -0.385. The fourth-order valence-electron chi connectivity index (χ4n) is 3.12. The standard InChI is InChI=1S/C17H20ClN5O2/c1-12-10-22(11-13-4-2-3-6-19-13)7-5-16(12)21-17-15(18)8-14(9-20-17)23(24)25/h2-4,6,8-9,12,16H,5,7,10-11H2,1H3,(H,20,21). The van der Waals surface area contributed by atoms with Crippen LogP contribution in [0, 0.1) is 16.0 Å². The van der Waals surface area contributed by atoms with Gasteiger partial charge < -0.3 is 5.32 Å². The van der Waals surface area contributed by atoms with E-state index in [0.29, 0.717) is 11.7 Å². The van der Waals surface area contributed by atoms with E-state index in [1.54, 1.807) is 0 Å². The summed E-state index contributed by atoms with van der Waals surface area (Å²) < 4.78 is 0. The Hall–Kier alpha value is -2.25. The van der Waals surface area contributed by atoms with Crippen LogP contribution in [0.2, 0.25) is 5.02 Å². The van der Waals surface area contributed by atoms with Crippen LogP contribution >= 0.6 is 11.6 Å². The van der Waals surface area contributed by atoms with Gasteiger partial charge in [-0.05, 0) is 24.5 Å². The fraction of sp³-hybridized carbons (Fsp3) is 0.412. The van der Waals surface area contributed by atoms with E-state index >= 15 is 0 Å². The molecule has 1 saturated heterocycles. The third kappa shape index (κ3) is 4.43. The fourth-order valence-corrected chi connectivity index (χ4v) is 3.34. The smallest absolute Gasteiger partial charge is 0.289 e. The number of hydrogen-bond acceptors (Lipinski definition) is 6. The van der Waals surface area contributed by atoms with Crippen molar-refractivity contribution < 1.29 is 4.92 Å². The van der Waals surface area contributed by atoms with Crippen molar-refractivity contribution in [1.82, 2.24) is 14.9 Å². The molecule has 3 rings (SSSR count). The highest BCUT2D eigenvalue weighted by Crippen LogP contribution is 2.27. The molecule has 1 aliphatic rings. The van der Waals surface area contributed by atoms with Gasteiger partial charge in [0.15, 0.2) is 0 Å². The van der Waals surface area contributed by atoms with Crippen LogP contribution in [0.25, 0.3) is 0 Å². The number of likely N-dealkylation sites (tertiary alicyclic amines) is 1. The van der Waals surface area contributed by atoms with Crippen molar-refractivity contribution in [2.75, 3.05) is 18.4 Å². The van der Waals surface area contributed by atoms with Gasteiger partial charge in [-0.3, -0.25) is 20.0 Å². The van der Waals surface area contributed by atoms with Gasteiger partial charge in [0.05, 0.1) is 15.6 Å². The molecular weight excluding hydrogens is 342 g/mol. The number of pyridine rings is 2. The van der Waals surface area contributed by atoms with Crippen molar-refractivity contribution in [3.63, 3.8) is 0 Å². The molecule has 1 fully saturated rings. The summed E-state index contributed by atoms with van der Waals surface area (Å²) in [7, 11) is 0. The van der Waals surface area contributed by atoms with Crippen LogP contribution in [0.1, 0.15) is 19.0 Å². The van der Waals surface area contributed by atoms with Crippen molar-refractivity contribution in [3.05, 3.63) is 57.5 Å². The lowest BCUT2D eigenvalue weighted by atomic mass is 9.93. The molecule has 3 heterocycles. The van der Waals surface area contributed by atoms with Gasteiger partial charge in [0, 0.05) is 37.9 Å². The zero-order valence-electron chi connectivity index (χ0n) is 13.9. The number of hydrogen-bond donors (Lipinski definition) is 1. The third-order valence-corrected chi connectivity index (χ3v) is 4.75. The highest BCUT2D eigenvalue weighted by molar-refractivity contribution is 6.33. The first-order valence-electron chi connectivity index (χ1n) is 8.21. The number of aromatic nitrogens is 2. The van der Waals surface area contributed by atoms with Gasteiger partial charge in [0.1, 0.15) is 12.0 Å². The highest BCUT2D eigenvalue weighted by Gasteiger charge is 2.27. The van der Waals surface area contributed by atoms with E-state index in [-0.39, 0.29) is 16.8 Å². The molecule has 1 aliphatic heterocycles. The van der Waals surface area contributed by atoms with Gasteiger partial charge in [-0.2, -0.15) is 0 Å². The molecule has 1 N–H and O–H groups in total. The van der Waals surface area contributed by atoms with Crippen molar-refractivity contribution in [2.45, 2.75) is 25.9 Å². The molecule has 2 unspecified atom stereocenters. The van der Waals surface area contributed by atoms with Crippen LogP contribution in [0.4, 0.5) is 11.5 Å². The summed E-state index contributed by atoms with van der Waals surface area (Å²) in [5.74, 6) is 0.896. The van der Waals surface area contributed by atoms with Crippen LogP contribution in [0.5, 0.6) is 0 Å². The second kappa shape index (κ2) is 7.76. The molecule has 2 atom stereocenters. The van der Waals surface area contributed by atoms with E-state index in [1.165, 1.54) is 12.3 Å². The van der Waals surface area contributed by atoms with Crippen molar-refractivity contribution in [2.24, 2.45) is 5.92 Å². The molecule has 8 heteroatoms. The van der Waals surface area contributed by atoms with Gasteiger partial charge in [-0.25, -0.2) is 4.98 Å². The Morgan fingerprint density at radius 3 is 2.92 bits per heavy atom. The first kappa shape index (κ1) is 17.6. The lowest BCUT2D eigenvalue weighted by Crippen LogP contribution is -2.45. The van der Waals surface area contributed by atoms with Gasteiger partial charge >= 0.3 is 0 Å². The van der Waals surface area contributed by atoms with Gasteiger partial charge in [-0.1, -0.05) is 24.6 Å². The predicted octanol–water partition coefficient (Wildman–Crippen LogP) is 3.36. The van der Waals surface area contributed by atoms with E-state index < -0.39 is 4.92 Å². The molecule has 0 radical (unpaired) electrons. The van der Waals surface area contributed by atoms with Crippen molar-refractivity contribution >= 4 is 23.1 Å². The molecule has 25 heavy (non-hydrogen) atoms. The molecule has 0 spiro atoms. The maximum atomic E-state index is 10.8. The summed E-state index contributed by atoms with van der Waals surface area (Å²) in [6.07, 6.45) is 3.99. The minimum Gasteiger partial charge on any atom is -0.366 e. The van der Waals surface area contributed by atoms with E-state index in [9.17, 15) is 10.1 Å². The minimum absolute atomic E-state index is 0.103. The van der Waals surface area contributed by atoms with Crippen LogP contribution < -0.4 is 5.32 Å². The molecule has 0 saturated carbocycles. The van der Waals surface area contributed by atoms with E-state index in [4.69, 9.17) is 11.6 Å². The molecule has 0 aliphatic carbocycles. The van der Waals surface area contributed by atoms with E-state index in [2.05, 4.69) is 27.1 Å². The Morgan fingerprint density at radius 2 is 2.28 bits per heavy atom. The molecule has 0 bridgehead atoms. The summed E-state index contributed by atoms with van der Waals surface area (Å²) in [6, 6.07) is 7.52. The number of rotatable bonds is 5. The molecular formula is C17H20ClN5O2. The van der Waals surface area contributed by atoms with E-state index in [1.807, 2.05) is 24.4 Å². The van der Waals surface area contributed by atoms with Crippen molar-refractivity contribution in [3.8, 4) is 0 Å². The van der Waals surface area contributed by atoms with Crippen LogP contribution in [0.15, 0.2) is 36.7 Å². The van der Waals surface area contributed by atoms with Gasteiger partial charge in [0.2, 0.25) is 0 Å². The summed E-state index contributed by atoms with van der Waals surface area (Å²) in [4.78, 5) is 21.1. The van der Waals surface area contributed by atoms with E-state index in [0.717, 1.165) is 31.7 Å². The van der Waals surface area contributed by atoms with Crippen LogP contribution in [-0.4, -0.2) is 38.9 Å². The highest BCUT2D eigenvalue weighted by atomic mass is 35.5. The molecule has 2 aromatic rings. The number of anilines is 1. The molecule has 132 valence electrons. The largest absolute Gasteiger partial charge is 0.366 e. The average molecular weight is 362 g/mol. The summed E-state index contributed by atoms with van der Waals surface area (Å²) in [6.45, 7) is 4.91. The zero-order valence-corrected chi connectivity index (χ0v) is 14.7. The Morgan fingerprint density at radius 1 is 1.44 bits per heavy atom. The topological polar surface area (TPSA) is 84.2 Å². The normalized spacial score (nSPS) is 21.0. The second-order valence-corrected chi connectivity index (χ2v) is 6.76. The maximum absolute atomic E-state index is 10.8. The first-order chi connectivity index (χ1) is 12.0. The Labute approximate surface area is 151 Å². The van der Waals surface area contributed by atoms with Crippen LogP contribution in [0.3, 0.4) is 0 Å². The molecule has 7 nitrogen and oxygen atoms in total. The number of nitrogens with one attached hydrogen (secondary N) is 1. The number of nitrogens with zero attached hydrogens (tertiary/aromatic N) is 4. The predicted molar refractivity (Wildman–Crippen MR) is 96.6 cm³/mol. The van der Waals surface area contributed by atoms with Gasteiger partial charge in [0.25, 0.3) is 5.69 Å². The number of nitro groups is 1. The number of piperidine rings is 1. The summed E-state index contributed by atoms with van der Waals surface area (Å²) in [5.41, 5.74) is 0.968. The third-order valence-electron chi connectivity index (χ3n) is 4.46. The van der Waals surface area contributed by atoms with Crippen LogP contribution in [-0.2, 0) is 6.54 Å². The quantitative estimate of drug-likeness (QED) is 0.649.